The van der Waals surface area contributed by atoms with E-state index in [1.54, 1.807) is 23.1 Å². The molecule has 0 N–H and O–H groups in total. The first-order valence-corrected chi connectivity index (χ1v) is 7.62. The van der Waals surface area contributed by atoms with Crippen molar-refractivity contribution in [1.29, 1.82) is 0 Å². The summed E-state index contributed by atoms with van der Waals surface area (Å²) in [6, 6.07) is 9.33. The van der Waals surface area contributed by atoms with Crippen LogP contribution in [0.5, 0.6) is 0 Å². The van der Waals surface area contributed by atoms with Crippen LogP contribution >= 0.6 is 0 Å². The first-order chi connectivity index (χ1) is 11.6. The third-order valence-electron chi connectivity index (χ3n) is 3.87. The van der Waals surface area contributed by atoms with Crippen molar-refractivity contribution in [2.45, 2.75) is 0 Å². The first kappa shape index (κ1) is 16.0. The standard InChI is InChI=1S/C17H17FN2O4/c18-13-3-5-14(6-4-13)19-7-9-20(10-8-19)16(21)12-24-17(22)15-2-1-11-23-15/h1-6,11H,7-10,12H2. The molecule has 1 aliphatic rings. The largest absolute Gasteiger partial charge is 0.457 e. The Morgan fingerprint density at radius 3 is 2.42 bits per heavy atom. The Bertz CT molecular complexity index is 692. The number of rotatable bonds is 4. The summed E-state index contributed by atoms with van der Waals surface area (Å²) in [6.07, 6.45) is 1.37. The van der Waals surface area contributed by atoms with Gasteiger partial charge in [-0.2, -0.15) is 0 Å². The maximum absolute atomic E-state index is 13.0. The Hall–Kier alpha value is -2.83. The summed E-state index contributed by atoms with van der Waals surface area (Å²) in [4.78, 5) is 27.5. The minimum absolute atomic E-state index is 0.0731. The van der Waals surface area contributed by atoms with Crippen molar-refractivity contribution in [3.63, 3.8) is 0 Å². The number of carbonyl (C=O) groups excluding carboxylic acids is 2. The van der Waals surface area contributed by atoms with E-state index in [1.165, 1.54) is 24.5 Å². The number of ether oxygens (including phenoxy) is 1. The summed E-state index contributed by atoms with van der Waals surface area (Å²) in [7, 11) is 0. The van der Waals surface area contributed by atoms with Crippen molar-refractivity contribution in [2.24, 2.45) is 0 Å². The van der Waals surface area contributed by atoms with Crippen LogP contribution in [0.3, 0.4) is 0 Å². The number of hydrogen-bond acceptors (Lipinski definition) is 5. The van der Waals surface area contributed by atoms with E-state index in [0.29, 0.717) is 26.2 Å². The van der Waals surface area contributed by atoms with Crippen LogP contribution in [0.4, 0.5) is 10.1 Å². The molecular weight excluding hydrogens is 315 g/mol. The van der Waals surface area contributed by atoms with Crippen LogP contribution in [-0.2, 0) is 9.53 Å². The van der Waals surface area contributed by atoms with Crippen LogP contribution in [0.15, 0.2) is 47.1 Å². The summed E-state index contributed by atoms with van der Waals surface area (Å²) < 4.78 is 22.8. The van der Waals surface area contributed by atoms with Crippen molar-refractivity contribution in [3.05, 3.63) is 54.2 Å². The second-order valence-corrected chi connectivity index (χ2v) is 5.40. The van der Waals surface area contributed by atoms with Crippen molar-refractivity contribution in [1.82, 2.24) is 4.90 Å². The molecule has 7 heteroatoms. The van der Waals surface area contributed by atoms with Crippen LogP contribution in [0, 0.1) is 5.82 Å². The molecule has 0 bridgehead atoms. The number of nitrogens with zero attached hydrogens (tertiary/aromatic N) is 2. The zero-order valence-electron chi connectivity index (χ0n) is 13.0. The average Bonchev–Trinajstić information content (AvgIpc) is 3.15. The van der Waals surface area contributed by atoms with E-state index >= 15 is 0 Å². The Morgan fingerprint density at radius 1 is 1.08 bits per heavy atom. The molecule has 3 rings (SSSR count). The van der Waals surface area contributed by atoms with E-state index in [9.17, 15) is 14.0 Å². The zero-order valence-corrected chi connectivity index (χ0v) is 13.0. The van der Waals surface area contributed by atoms with E-state index in [0.717, 1.165) is 5.69 Å². The lowest BCUT2D eigenvalue weighted by Gasteiger charge is -2.36. The SMILES string of the molecule is O=C(OCC(=O)N1CCN(c2ccc(F)cc2)CC1)c1ccco1. The molecule has 0 radical (unpaired) electrons. The van der Waals surface area contributed by atoms with Crippen molar-refractivity contribution in [3.8, 4) is 0 Å². The summed E-state index contributed by atoms with van der Waals surface area (Å²) in [5, 5.41) is 0. The molecule has 1 aromatic carbocycles. The van der Waals surface area contributed by atoms with E-state index in [2.05, 4.69) is 4.90 Å². The van der Waals surface area contributed by atoms with Crippen LogP contribution in [0.25, 0.3) is 0 Å². The molecule has 1 aromatic heterocycles. The van der Waals surface area contributed by atoms with E-state index < -0.39 is 5.97 Å². The fourth-order valence-corrected chi connectivity index (χ4v) is 2.55. The molecule has 0 aliphatic carbocycles. The van der Waals surface area contributed by atoms with Gasteiger partial charge in [-0.05, 0) is 36.4 Å². The predicted molar refractivity (Wildman–Crippen MR) is 84.2 cm³/mol. The first-order valence-electron chi connectivity index (χ1n) is 7.62. The van der Waals surface area contributed by atoms with Crippen molar-refractivity contribution >= 4 is 17.6 Å². The number of carbonyl (C=O) groups is 2. The summed E-state index contributed by atoms with van der Waals surface area (Å²) >= 11 is 0. The third kappa shape index (κ3) is 3.73. The van der Waals surface area contributed by atoms with Crippen LogP contribution in [0.2, 0.25) is 0 Å². The second-order valence-electron chi connectivity index (χ2n) is 5.40. The van der Waals surface area contributed by atoms with Gasteiger partial charge in [-0.3, -0.25) is 4.79 Å². The van der Waals surface area contributed by atoms with Gasteiger partial charge in [0.1, 0.15) is 5.82 Å². The normalized spacial score (nSPS) is 14.5. The lowest BCUT2D eigenvalue weighted by atomic mass is 10.2. The summed E-state index contributed by atoms with van der Waals surface area (Å²) in [5.41, 5.74) is 0.924. The van der Waals surface area contributed by atoms with Gasteiger partial charge in [0, 0.05) is 31.9 Å². The van der Waals surface area contributed by atoms with Crippen LogP contribution < -0.4 is 4.90 Å². The number of halogens is 1. The maximum atomic E-state index is 13.0. The van der Waals surface area contributed by atoms with Gasteiger partial charge in [-0.1, -0.05) is 0 Å². The molecule has 1 amide bonds. The highest BCUT2D eigenvalue weighted by Gasteiger charge is 2.22. The fourth-order valence-electron chi connectivity index (χ4n) is 2.55. The molecule has 1 saturated heterocycles. The van der Waals surface area contributed by atoms with Crippen molar-refractivity contribution in [2.75, 3.05) is 37.7 Å². The highest BCUT2D eigenvalue weighted by Crippen LogP contribution is 2.17. The van der Waals surface area contributed by atoms with Gasteiger partial charge in [-0.15, -0.1) is 0 Å². The smallest absolute Gasteiger partial charge is 0.374 e. The molecule has 2 heterocycles. The molecular formula is C17H17FN2O4. The molecule has 0 unspecified atom stereocenters. The number of anilines is 1. The predicted octanol–water partition coefficient (Wildman–Crippen LogP) is 1.92. The molecule has 0 spiro atoms. The van der Waals surface area contributed by atoms with E-state index in [1.807, 2.05) is 0 Å². The summed E-state index contributed by atoms with van der Waals surface area (Å²) in [6.45, 7) is 2.02. The molecule has 2 aromatic rings. The van der Waals surface area contributed by atoms with Gasteiger partial charge in [0.2, 0.25) is 5.76 Å². The average molecular weight is 332 g/mol. The Labute approximate surface area is 138 Å². The highest BCUT2D eigenvalue weighted by atomic mass is 19.1. The topological polar surface area (TPSA) is 63.0 Å². The lowest BCUT2D eigenvalue weighted by Crippen LogP contribution is -2.49. The fraction of sp³-hybridized carbons (Fsp3) is 0.294. The lowest BCUT2D eigenvalue weighted by molar-refractivity contribution is -0.134. The number of benzene rings is 1. The van der Waals surface area contributed by atoms with Gasteiger partial charge >= 0.3 is 5.97 Å². The van der Waals surface area contributed by atoms with E-state index in [-0.39, 0.29) is 24.1 Å². The zero-order chi connectivity index (χ0) is 16.9. The quantitative estimate of drug-likeness (QED) is 0.801. The molecule has 0 atom stereocenters. The van der Waals surface area contributed by atoms with Gasteiger partial charge in [0.05, 0.1) is 6.26 Å². The Kier molecular flexibility index (Phi) is 4.79. The Balaban J connectivity index is 1.46. The molecule has 24 heavy (non-hydrogen) atoms. The molecule has 6 nitrogen and oxygen atoms in total. The molecule has 1 fully saturated rings. The van der Waals surface area contributed by atoms with Gasteiger partial charge in [0.15, 0.2) is 6.61 Å². The van der Waals surface area contributed by atoms with Crippen LogP contribution in [0.1, 0.15) is 10.6 Å². The number of amides is 1. The number of hydrogen-bond donors (Lipinski definition) is 0. The van der Waals surface area contributed by atoms with Gasteiger partial charge in [-0.25, -0.2) is 9.18 Å². The second kappa shape index (κ2) is 7.16. The highest BCUT2D eigenvalue weighted by molar-refractivity contribution is 5.88. The van der Waals surface area contributed by atoms with Gasteiger partial charge in [0.25, 0.3) is 5.91 Å². The number of furan rings is 1. The molecule has 1 aliphatic heterocycles. The number of esters is 1. The minimum atomic E-state index is -0.654. The maximum Gasteiger partial charge on any atom is 0.374 e. The monoisotopic (exact) mass is 332 g/mol. The van der Waals surface area contributed by atoms with Crippen LogP contribution in [-0.4, -0.2) is 49.6 Å². The molecule has 0 saturated carbocycles. The van der Waals surface area contributed by atoms with Crippen molar-refractivity contribution < 1.29 is 23.1 Å². The van der Waals surface area contributed by atoms with Gasteiger partial charge < -0.3 is 19.0 Å². The molecule has 126 valence electrons. The minimum Gasteiger partial charge on any atom is -0.457 e. The number of piperazine rings is 1. The third-order valence-corrected chi connectivity index (χ3v) is 3.87. The Morgan fingerprint density at radius 2 is 1.79 bits per heavy atom. The van der Waals surface area contributed by atoms with E-state index in [4.69, 9.17) is 9.15 Å². The summed E-state index contributed by atoms with van der Waals surface area (Å²) in [5.74, 6) is -1.10.